The van der Waals surface area contributed by atoms with Crippen LogP contribution in [0.25, 0.3) is 0 Å². The van der Waals surface area contributed by atoms with Crippen LogP contribution in [0.5, 0.6) is 5.75 Å². The molecular weight excluding hydrogens is 302 g/mol. The van der Waals surface area contributed by atoms with Crippen LogP contribution in [0.3, 0.4) is 0 Å². The van der Waals surface area contributed by atoms with E-state index in [4.69, 9.17) is 4.74 Å². The number of hydrogen-bond donors (Lipinski definition) is 1. The molecule has 0 aliphatic carbocycles. The Hall–Kier alpha value is -2.34. The molecule has 2 rings (SSSR count). The highest BCUT2D eigenvalue weighted by atomic mass is 32.2. The number of nitrogens with one attached hydrogen (secondary N) is 1. The lowest BCUT2D eigenvalue weighted by molar-refractivity contribution is -0.113. The molecule has 6 heteroatoms. The van der Waals surface area contributed by atoms with Crippen molar-refractivity contribution in [1.82, 2.24) is 0 Å². The van der Waals surface area contributed by atoms with Gasteiger partial charge in [0.2, 0.25) is 5.91 Å². The van der Waals surface area contributed by atoms with E-state index in [1.165, 1.54) is 19.2 Å². The highest BCUT2D eigenvalue weighted by molar-refractivity contribution is 7.92. The number of anilines is 1. The molecule has 0 aliphatic heterocycles. The number of amides is 1. The second kappa shape index (κ2) is 6.62. The fourth-order valence-corrected chi connectivity index (χ4v) is 3.15. The summed E-state index contributed by atoms with van der Waals surface area (Å²) >= 11 is 0. The maximum absolute atomic E-state index is 12.2. The van der Waals surface area contributed by atoms with Gasteiger partial charge in [-0.3, -0.25) is 4.79 Å². The molecule has 0 radical (unpaired) electrons. The Bertz CT molecular complexity index is 770. The molecule has 116 valence electrons. The number of ether oxygens (including phenoxy) is 1. The highest BCUT2D eigenvalue weighted by Gasteiger charge is 2.19. The molecule has 0 fully saturated rings. The molecule has 0 heterocycles. The van der Waals surface area contributed by atoms with Gasteiger partial charge >= 0.3 is 0 Å². The molecule has 0 unspecified atom stereocenters. The SMILES string of the molecule is COc1ccc(C)cc1NC(=O)CS(=O)(=O)c1ccccc1. The lowest BCUT2D eigenvalue weighted by Crippen LogP contribution is -2.23. The topological polar surface area (TPSA) is 72.5 Å². The van der Waals surface area contributed by atoms with Gasteiger partial charge in [-0.05, 0) is 36.8 Å². The van der Waals surface area contributed by atoms with E-state index in [1.807, 2.05) is 13.0 Å². The Morgan fingerprint density at radius 1 is 1.14 bits per heavy atom. The Labute approximate surface area is 129 Å². The van der Waals surface area contributed by atoms with E-state index in [-0.39, 0.29) is 4.90 Å². The minimum Gasteiger partial charge on any atom is -0.495 e. The Morgan fingerprint density at radius 3 is 2.45 bits per heavy atom. The van der Waals surface area contributed by atoms with Gasteiger partial charge in [0.25, 0.3) is 0 Å². The molecule has 1 N–H and O–H groups in total. The molecule has 22 heavy (non-hydrogen) atoms. The molecule has 5 nitrogen and oxygen atoms in total. The van der Waals surface area contributed by atoms with Gasteiger partial charge in [-0.1, -0.05) is 24.3 Å². The second-order valence-corrected chi connectivity index (χ2v) is 6.81. The third-order valence-electron chi connectivity index (χ3n) is 3.05. The van der Waals surface area contributed by atoms with Crippen molar-refractivity contribution in [3.05, 3.63) is 54.1 Å². The maximum Gasteiger partial charge on any atom is 0.240 e. The molecule has 2 aromatic carbocycles. The van der Waals surface area contributed by atoms with E-state index < -0.39 is 21.5 Å². The van der Waals surface area contributed by atoms with E-state index in [0.717, 1.165) is 5.56 Å². The lowest BCUT2D eigenvalue weighted by Gasteiger charge is -2.11. The predicted molar refractivity (Wildman–Crippen MR) is 84.9 cm³/mol. The van der Waals surface area contributed by atoms with Gasteiger partial charge < -0.3 is 10.1 Å². The van der Waals surface area contributed by atoms with Crippen molar-refractivity contribution < 1.29 is 17.9 Å². The number of carbonyl (C=O) groups excluding carboxylic acids is 1. The summed E-state index contributed by atoms with van der Waals surface area (Å²) in [7, 11) is -2.18. The smallest absolute Gasteiger partial charge is 0.240 e. The quantitative estimate of drug-likeness (QED) is 0.918. The van der Waals surface area contributed by atoms with Crippen LogP contribution in [0.4, 0.5) is 5.69 Å². The van der Waals surface area contributed by atoms with Crippen LogP contribution in [-0.4, -0.2) is 27.2 Å². The van der Waals surface area contributed by atoms with E-state index >= 15 is 0 Å². The van der Waals surface area contributed by atoms with Crippen molar-refractivity contribution in [2.24, 2.45) is 0 Å². The summed E-state index contributed by atoms with van der Waals surface area (Å²) in [5.41, 5.74) is 1.39. The number of carbonyl (C=O) groups is 1. The highest BCUT2D eigenvalue weighted by Crippen LogP contribution is 2.25. The third-order valence-corrected chi connectivity index (χ3v) is 4.69. The summed E-state index contributed by atoms with van der Waals surface area (Å²) in [5, 5.41) is 2.59. The normalized spacial score (nSPS) is 11.0. The van der Waals surface area contributed by atoms with Crippen LogP contribution in [0.1, 0.15) is 5.56 Å². The number of methoxy groups -OCH3 is 1. The van der Waals surface area contributed by atoms with Crippen LogP contribution in [0, 0.1) is 6.92 Å². The Balaban J connectivity index is 2.16. The maximum atomic E-state index is 12.2. The number of aryl methyl sites for hydroxylation is 1. The van der Waals surface area contributed by atoms with Gasteiger partial charge in [0.05, 0.1) is 17.7 Å². The zero-order valence-electron chi connectivity index (χ0n) is 12.4. The first-order valence-corrected chi connectivity index (χ1v) is 8.30. The van der Waals surface area contributed by atoms with E-state index in [9.17, 15) is 13.2 Å². The molecule has 0 aliphatic rings. The number of rotatable bonds is 5. The summed E-state index contributed by atoms with van der Waals surface area (Å²) < 4.78 is 29.5. The van der Waals surface area contributed by atoms with E-state index in [0.29, 0.717) is 11.4 Å². The average molecular weight is 319 g/mol. The van der Waals surface area contributed by atoms with E-state index in [1.54, 1.807) is 30.3 Å². The van der Waals surface area contributed by atoms with Gasteiger partial charge in [-0.2, -0.15) is 0 Å². The zero-order chi connectivity index (χ0) is 16.2. The molecule has 0 atom stereocenters. The van der Waals surface area contributed by atoms with Crippen LogP contribution in [0.2, 0.25) is 0 Å². The van der Waals surface area contributed by atoms with Gasteiger partial charge in [0.15, 0.2) is 9.84 Å². The number of benzene rings is 2. The third kappa shape index (κ3) is 3.85. The molecule has 0 bridgehead atoms. The average Bonchev–Trinajstić information content (AvgIpc) is 2.48. The monoisotopic (exact) mass is 319 g/mol. The van der Waals surface area contributed by atoms with Crippen molar-refractivity contribution in [2.75, 3.05) is 18.2 Å². The second-order valence-electron chi connectivity index (χ2n) is 4.82. The number of sulfone groups is 1. The molecule has 0 spiro atoms. The van der Waals surface area contributed by atoms with Gasteiger partial charge in [0, 0.05) is 0 Å². The van der Waals surface area contributed by atoms with E-state index in [2.05, 4.69) is 5.32 Å². The zero-order valence-corrected chi connectivity index (χ0v) is 13.2. The first kappa shape index (κ1) is 16.0. The molecule has 0 saturated carbocycles. The van der Waals surface area contributed by atoms with Crippen molar-refractivity contribution in [3.8, 4) is 5.75 Å². The summed E-state index contributed by atoms with van der Waals surface area (Å²) in [6, 6.07) is 13.2. The fourth-order valence-electron chi connectivity index (χ4n) is 1.99. The summed E-state index contributed by atoms with van der Waals surface area (Å²) in [6.07, 6.45) is 0. The minimum absolute atomic E-state index is 0.126. The van der Waals surface area contributed by atoms with Crippen LogP contribution in [0.15, 0.2) is 53.4 Å². The molecule has 1 amide bonds. The summed E-state index contributed by atoms with van der Waals surface area (Å²) in [6.45, 7) is 1.87. The standard InChI is InChI=1S/C16H17NO4S/c1-12-8-9-15(21-2)14(10-12)17-16(18)11-22(19,20)13-6-4-3-5-7-13/h3-10H,11H2,1-2H3,(H,17,18). The van der Waals surface area contributed by atoms with Crippen LogP contribution in [-0.2, 0) is 14.6 Å². The fraction of sp³-hybridized carbons (Fsp3) is 0.188. The van der Waals surface area contributed by atoms with Gasteiger partial charge in [-0.15, -0.1) is 0 Å². The van der Waals surface area contributed by atoms with Crippen molar-refractivity contribution in [2.45, 2.75) is 11.8 Å². The summed E-state index contributed by atoms with van der Waals surface area (Å²) in [4.78, 5) is 12.2. The van der Waals surface area contributed by atoms with Gasteiger partial charge in [-0.25, -0.2) is 8.42 Å². The molecule has 0 aromatic heterocycles. The number of hydrogen-bond acceptors (Lipinski definition) is 4. The lowest BCUT2D eigenvalue weighted by atomic mass is 10.2. The molecule has 0 saturated heterocycles. The predicted octanol–water partition coefficient (Wildman–Crippen LogP) is 2.42. The van der Waals surface area contributed by atoms with Crippen molar-refractivity contribution in [3.63, 3.8) is 0 Å². The first-order valence-electron chi connectivity index (χ1n) is 6.64. The molecule has 2 aromatic rings. The minimum atomic E-state index is -3.66. The van der Waals surface area contributed by atoms with Crippen molar-refractivity contribution >= 4 is 21.4 Å². The molecular formula is C16H17NO4S. The van der Waals surface area contributed by atoms with Crippen LogP contribution < -0.4 is 10.1 Å². The summed E-state index contributed by atoms with van der Waals surface area (Å²) in [5.74, 6) is -0.738. The van der Waals surface area contributed by atoms with Crippen molar-refractivity contribution in [1.29, 1.82) is 0 Å². The van der Waals surface area contributed by atoms with Crippen LogP contribution >= 0.6 is 0 Å². The Kier molecular flexibility index (Phi) is 4.82. The van der Waals surface area contributed by atoms with Gasteiger partial charge in [0.1, 0.15) is 11.5 Å². The first-order chi connectivity index (χ1) is 10.4. The Morgan fingerprint density at radius 2 is 1.82 bits per heavy atom. The largest absolute Gasteiger partial charge is 0.495 e.